The number of carbonyl (C=O) groups is 1. The molecule has 1 aromatic carbocycles. The lowest BCUT2D eigenvalue weighted by atomic mass is 9.77. The molecule has 0 bridgehead atoms. The highest BCUT2D eigenvalue weighted by molar-refractivity contribution is 9.10. The van der Waals surface area contributed by atoms with Crippen molar-refractivity contribution in [2.24, 2.45) is 0 Å². The molecule has 0 aliphatic heterocycles. The zero-order valence-electron chi connectivity index (χ0n) is 10.1. The average molecular weight is 315 g/mol. The molecule has 0 amide bonds. The summed E-state index contributed by atoms with van der Waals surface area (Å²) in [5.74, 6) is 0.575. The molecule has 1 saturated carbocycles. The average Bonchev–Trinajstić information content (AvgIpc) is 2.28. The number of benzene rings is 1. The maximum Gasteiger partial charge on any atom is 0.307 e. The fourth-order valence-electron chi connectivity index (χ4n) is 2.09. The molecule has 0 aromatic heterocycles. The van der Waals surface area contributed by atoms with Gasteiger partial charge < -0.3 is 14.6 Å². The van der Waals surface area contributed by atoms with Gasteiger partial charge in [-0.25, -0.2) is 0 Å². The quantitative estimate of drug-likeness (QED) is 0.906. The minimum Gasteiger partial charge on any atom is -0.497 e. The molecule has 1 fully saturated rings. The lowest BCUT2D eigenvalue weighted by Gasteiger charge is -2.41. The van der Waals surface area contributed by atoms with Gasteiger partial charge >= 0.3 is 5.97 Å². The van der Waals surface area contributed by atoms with Crippen LogP contribution >= 0.6 is 15.9 Å². The second-order valence-corrected chi connectivity index (χ2v) is 5.36. The number of aliphatic carboxylic acids is 1. The van der Waals surface area contributed by atoms with Gasteiger partial charge in [0, 0.05) is 0 Å². The van der Waals surface area contributed by atoms with Gasteiger partial charge in [0.05, 0.1) is 18.0 Å². The zero-order chi connectivity index (χ0) is 13.2. The normalized spacial score (nSPS) is 16.8. The van der Waals surface area contributed by atoms with Crippen LogP contribution in [0.25, 0.3) is 0 Å². The van der Waals surface area contributed by atoms with Crippen LogP contribution in [0, 0.1) is 0 Å². The van der Waals surface area contributed by atoms with E-state index in [1.807, 2.05) is 6.07 Å². The van der Waals surface area contributed by atoms with Crippen LogP contribution in [0.4, 0.5) is 0 Å². The Hall–Kier alpha value is -1.23. The molecular formula is C13H15BrO4. The number of methoxy groups -OCH3 is 1. The summed E-state index contributed by atoms with van der Waals surface area (Å²) in [5, 5.41) is 8.93. The highest BCUT2D eigenvalue weighted by Gasteiger charge is 2.41. The van der Waals surface area contributed by atoms with Gasteiger partial charge in [-0.15, -0.1) is 0 Å². The van der Waals surface area contributed by atoms with Gasteiger partial charge in [0.1, 0.15) is 17.1 Å². The fourth-order valence-corrected chi connectivity index (χ4v) is 2.52. The molecule has 1 aromatic rings. The minimum absolute atomic E-state index is 0.0471. The maximum absolute atomic E-state index is 10.9. The number of hydrogen-bond donors (Lipinski definition) is 1. The smallest absolute Gasteiger partial charge is 0.307 e. The summed E-state index contributed by atoms with van der Waals surface area (Å²) >= 11 is 3.41. The van der Waals surface area contributed by atoms with Crippen molar-refractivity contribution in [2.75, 3.05) is 7.11 Å². The van der Waals surface area contributed by atoms with Crippen molar-refractivity contribution in [2.45, 2.75) is 31.3 Å². The molecular weight excluding hydrogens is 300 g/mol. The topological polar surface area (TPSA) is 55.8 Å². The fraction of sp³-hybridized carbons (Fsp3) is 0.462. The van der Waals surface area contributed by atoms with Crippen molar-refractivity contribution in [1.82, 2.24) is 0 Å². The molecule has 0 saturated heterocycles. The summed E-state index contributed by atoms with van der Waals surface area (Å²) in [6, 6.07) is 5.40. The van der Waals surface area contributed by atoms with E-state index in [0.717, 1.165) is 29.5 Å². The highest BCUT2D eigenvalue weighted by atomic mass is 79.9. The molecule has 18 heavy (non-hydrogen) atoms. The Labute approximate surface area is 114 Å². The van der Waals surface area contributed by atoms with Crippen molar-refractivity contribution >= 4 is 21.9 Å². The van der Waals surface area contributed by atoms with Gasteiger partial charge in [0.2, 0.25) is 0 Å². The molecule has 0 spiro atoms. The van der Waals surface area contributed by atoms with E-state index in [4.69, 9.17) is 14.6 Å². The Morgan fingerprint density at radius 3 is 2.67 bits per heavy atom. The van der Waals surface area contributed by atoms with Crippen molar-refractivity contribution in [3.05, 3.63) is 22.7 Å². The molecule has 0 heterocycles. The van der Waals surface area contributed by atoms with Gasteiger partial charge in [-0.1, -0.05) is 0 Å². The Balaban J connectivity index is 2.14. The Morgan fingerprint density at radius 2 is 2.22 bits per heavy atom. The first-order chi connectivity index (χ1) is 8.54. The van der Waals surface area contributed by atoms with E-state index in [1.54, 1.807) is 19.2 Å². The number of halogens is 1. The van der Waals surface area contributed by atoms with Crippen LogP contribution in [-0.4, -0.2) is 23.8 Å². The molecule has 1 aliphatic carbocycles. The van der Waals surface area contributed by atoms with Gasteiger partial charge in [-0.05, 0) is 53.4 Å². The van der Waals surface area contributed by atoms with Crippen LogP contribution in [0.15, 0.2) is 22.7 Å². The van der Waals surface area contributed by atoms with Crippen LogP contribution in [-0.2, 0) is 4.79 Å². The third-order valence-electron chi connectivity index (χ3n) is 3.20. The molecule has 0 unspecified atom stereocenters. The second kappa shape index (κ2) is 5.18. The molecule has 2 rings (SSSR count). The summed E-state index contributed by atoms with van der Waals surface area (Å²) in [4.78, 5) is 10.9. The zero-order valence-corrected chi connectivity index (χ0v) is 11.7. The van der Waals surface area contributed by atoms with Crippen LogP contribution < -0.4 is 9.47 Å². The standard InChI is InChI=1S/C13H15BrO4/c1-17-9-3-4-11(10(14)7-9)18-13(5-2-6-13)8-12(15)16/h3-4,7H,2,5-6,8H2,1H3,(H,15,16). The lowest BCUT2D eigenvalue weighted by Crippen LogP contribution is -2.45. The van der Waals surface area contributed by atoms with Gasteiger partial charge in [-0.2, -0.15) is 0 Å². The van der Waals surface area contributed by atoms with Crippen molar-refractivity contribution in [3.8, 4) is 11.5 Å². The highest BCUT2D eigenvalue weighted by Crippen LogP contribution is 2.42. The molecule has 1 N–H and O–H groups in total. The van der Waals surface area contributed by atoms with E-state index in [2.05, 4.69) is 15.9 Å². The van der Waals surface area contributed by atoms with Gasteiger partial charge in [-0.3, -0.25) is 4.79 Å². The van der Waals surface area contributed by atoms with Crippen molar-refractivity contribution in [1.29, 1.82) is 0 Å². The van der Waals surface area contributed by atoms with Gasteiger partial charge in [0.15, 0.2) is 0 Å². The number of carboxylic acid groups (broad SMARTS) is 1. The first-order valence-electron chi connectivity index (χ1n) is 5.79. The molecule has 1 aliphatic rings. The molecule has 0 radical (unpaired) electrons. The summed E-state index contributed by atoms with van der Waals surface area (Å²) < 4.78 is 11.8. The van der Waals surface area contributed by atoms with E-state index in [9.17, 15) is 4.79 Å². The SMILES string of the molecule is COc1ccc(OC2(CC(=O)O)CCC2)c(Br)c1. The lowest BCUT2D eigenvalue weighted by molar-refractivity contribution is -0.144. The summed E-state index contributed by atoms with van der Waals surface area (Å²) in [7, 11) is 1.60. The predicted octanol–water partition coefficient (Wildman–Crippen LogP) is 3.23. The van der Waals surface area contributed by atoms with Crippen LogP contribution in [0.3, 0.4) is 0 Å². The molecule has 98 valence electrons. The van der Waals surface area contributed by atoms with Crippen LogP contribution in [0.1, 0.15) is 25.7 Å². The van der Waals surface area contributed by atoms with E-state index < -0.39 is 11.6 Å². The number of hydrogen-bond acceptors (Lipinski definition) is 3. The minimum atomic E-state index is -0.820. The van der Waals surface area contributed by atoms with Crippen LogP contribution in [0.2, 0.25) is 0 Å². The number of carboxylic acids is 1. The largest absolute Gasteiger partial charge is 0.497 e. The van der Waals surface area contributed by atoms with E-state index in [-0.39, 0.29) is 6.42 Å². The third kappa shape index (κ3) is 2.77. The molecule has 0 atom stereocenters. The third-order valence-corrected chi connectivity index (χ3v) is 3.82. The first-order valence-corrected chi connectivity index (χ1v) is 6.58. The van der Waals surface area contributed by atoms with E-state index in [0.29, 0.717) is 5.75 Å². The predicted molar refractivity (Wildman–Crippen MR) is 70.2 cm³/mol. The number of rotatable bonds is 5. The Kier molecular flexibility index (Phi) is 3.80. The van der Waals surface area contributed by atoms with E-state index in [1.165, 1.54) is 0 Å². The number of ether oxygens (including phenoxy) is 2. The molecule has 5 heteroatoms. The second-order valence-electron chi connectivity index (χ2n) is 4.51. The van der Waals surface area contributed by atoms with Crippen molar-refractivity contribution in [3.63, 3.8) is 0 Å². The van der Waals surface area contributed by atoms with E-state index >= 15 is 0 Å². The Bertz CT molecular complexity index is 454. The van der Waals surface area contributed by atoms with Gasteiger partial charge in [0.25, 0.3) is 0 Å². The van der Waals surface area contributed by atoms with Crippen LogP contribution in [0.5, 0.6) is 11.5 Å². The summed E-state index contributed by atoms with van der Waals surface area (Å²) in [5.41, 5.74) is -0.539. The Morgan fingerprint density at radius 1 is 1.50 bits per heavy atom. The molecule has 4 nitrogen and oxygen atoms in total. The van der Waals surface area contributed by atoms with Crippen molar-refractivity contribution < 1.29 is 19.4 Å². The summed E-state index contributed by atoms with van der Waals surface area (Å²) in [6.45, 7) is 0. The maximum atomic E-state index is 10.9. The monoisotopic (exact) mass is 314 g/mol. The first kappa shape index (κ1) is 13.2. The summed E-state index contributed by atoms with van der Waals surface area (Å²) in [6.07, 6.45) is 2.64.